The number of pyridine rings is 2. The van der Waals surface area contributed by atoms with Crippen LogP contribution in [0.15, 0.2) is 47.7 Å². The van der Waals surface area contributed by atoms with Gasteiger partial charge in [0.1, 0.15) is 6.54 Å². The molecule has 2 aromatic rings. The van der Waals surface area contributed by atoms with Crippen molar-refractivity contribution in [2.75, 3.05) is 29.4 Å². The van der Waals surface area contributed by atoms with Crippen LogP contribution in [0, 0.1) is 5.41 Å². The van der Waals surface area contributed by atoms with Gasteiger partial charge in [-0.1, -0.05) is 0 Å². The number of hydrogen-bond donors (Lipinski definition) is 1. The van der Waals surface area contributed by atoms with E-state index in [2.05, 4.69) is 9.88 Å². The zero-order chi connectivity index (χ0) is 19.7. The van der Waals surface area contributed by atoms with E-state index in [4.69, 9.17) is 5.11 Å². The summed E-state index contributed by atoms with van der Waals surface area (Å²) in [7, 11) is 0. The van der Waals surface area contributed by atoms with Gasteiger partial charge in [-0.25, -0.2) is 0 Å². The van der Waals surface area contributed by atoms with Crippen molar-refractivity contribution in [1.82, 2.24) is 9.55 Å². The molecular weight excluding hydrogens is 360 g/mol. The maximum Gasteiger partial charge on any atom is 0.323 e. The fraction of sp³-hybridized carbons (Fsp3) is 0.400. The molecule has 8 heteroatoms. The van der Waals surface area contributed by atoms with Crippen LogP contribution in [0.25, 0.3) is 0 Å². The molecule has 4 heterocycles. The van der Waals surface area contributed by atoms with E-state index in [0.717, 1.165) is 42.6 Å². The summed E-state index contributed by atoms with van der Waals surface area (Å²) in [4.78, 5) is 44.2. The first kappa shape index (κ1) is 18.2. The molecule has 0 radical (unpaired) electrons. The van der Waals surface area contributed by atoms with Crippen molar-refractivity contribution in [1.29, 1.82) is 0 Å². The van der Waals surface area contributed by atoms with Crippen LogP contribution in [0.4, 0.5) is 11.4 Å². The number of aliphatic carboxylic acids is 1. The molecule has 2 aliphatic rings. The average Bonchev–Trinajstić information content (AvgIpc) is 3.01. The average molecular weight is 382 g/mol. The number of amides is 1. The number of carboxylic acid groups (broad SMARTS) is 1. The monoisotopic (exact) mass is 382 g/mol. The van der Waals surface area contributed by atoms with E-state index in [-0.39, 0.29) is 11.3 Å². The molecule has 1 N–H and O–H groups in total. The standard InChI is InChI=1S/C20H22N4O4/c25-17-4-3-16(13-23(17)14-18(26)27)24-11-7-20(19(24)28)5-9-22(10-6-20)15-2-1-8-21-12-15/h1-4,8,12-13H,5-7,9-11,14H2,(H,26,27). The Morgan fingerprint density at radius 3 is 2.50 bits per heavy atom. The van der Waals surface area contributed by atoms with Crippen molar-refractivity contribution in [2.24, 2.45) is 5.41 Å². The molecule has 0 aliphatic carbocycles. The Morgan fingerprint density at radius 1 is 1.07 bits per heavy atom. The number of carboxylic acids is 1. The molecule has 0 aromatic carbocycles. The van der Waals surface area contributed by atoms with Gasteiger partial charge in [0, 0.05) is 38.1 Å². The predicted octanol–water partition coefficient (Wildman–Crippen LogP) is 1.35. The highest BCUT2D eigenvalue weighted by Gasteiger charge is 2.48. The molecule has 2 saturated heterocycles. The molecule has 4 rings (SSSR count). The Morgan fingerprint density at radius 2 is 1.82 bits per heavy atom. The lowest BCUT2D eigenvalue weighted by atomic mass is 9.77. The maximum absolute atomic E-state index is 13.2. The van der Waals surface area contributed by atoms with Crippen molar-refractivity contribution < 1.29 is 14.7 Å². The predicted molar refractivity (Wildman–Crippen MR) is 103 cm³/mol. The number of piperidine rings is 1. The summed E-state index contributed by atoms with van der Waals surface area (Å²) in [5, 5.41) is 8.97. The quantitative estimate of drug-likeness (QED) is 0.858. The minimum atomic E-state index is -1.09. The second kappa shape index (κ2) is 7.10. The Labute approximate surface area is 162 Å². The first-order chi connectivity index (χ1) is 13.5. The molecule has 28 heavy (non-hydrogen) atoms. The van der Waals surface area contributed by atoms with Gasteiger partial charge in [0.2, 0.25) is 5.91 Å². The van der Waals surface area contributed by atoms with Crippen molar-refractivity contribution in [2.45, 2.75) is 25.8 Å². The lowest BCUT2D eigenvalue weighted by Gasteiger charge is -2.39. The van der Waals surface area contributed by atoms with E-state index in [1.54, 1.807) is 17.2 Å². The third-order valence-electron chi connectivity index (χ3n) is 5.83. The van der Waals surface area contributed by atoms with Crippen LogP contribution < -0.4 is 15.4 Å². The van der Waals surface area contributed by atoms with Gasteiger partial charge in [0.25, 0.3) is 5.56 Å². The first-order valence-corrected chi connectivity index (χ1v) is 9.38. The van der Waals surface area contributed by atoms with E-state index < -0.39 is 18.1 Å². The van der Waals surface area contributed by atoms with E-state index in [0.29, 0.717) is 12.2 Å². The molecule has 0 saturated carbocycles. The van der Waals surface area contributed by atoms with Gasteiger partial charge in [-0.05, 0) is 37.5 Å². The van der Waals surface area contributed by atoms with E-state index in [9.17, 15) is 14.4 Å². The summed E-state index contributed by atoms with van der Waals surface area (Å²) in [6, 6.07) is 6.86. The van der Waals surface area contributed by atoms with Crippen LogP contribution in [0.1, 0.15) is 19.3 Å². The molecule has 0 atom stereocenters. The van der Waals surface area contributed by atoms with Crippen molar-refractivity contribution in [3.63, 3.8) is 0 Å². The van der Waals surface area contributed by atoms with Gasteiger partial charge in [-0.3, -0.25) is 19.4 Å². The summed E-state index contributed by atoms with van der Waals surface area (Å²) in [5.41, 5.74) is 0.877. The van der Waals surface area contributed by atoms with Crippen LogP contribution in [0.5, 0.6) is 0 Å². The topological polar surface area (TPSA) is 95.7 Å². The van der Waals surface area contributed by atoms with Crippen molar-refractivity contribution >= 4 is 23.3 Å². The molecule has 1 amide bonds. The van der Waals surface area contributed by atoms with Gasteiger partial charge >= 0.3 is 5.97 Å². The number of carbonyl (C=O) groups excluding carboxylic acids is 1. The van der Waals surface area contributed by atoms with Crippen LogP contribution in [0.2, 0.25) is 0 Å². The second-order valence-electron chi connectivity index (χ2n) is 7.43. The van der Waals surface area contributed by atoms with Crippen molar-refractivity contribution in [3.05, 3.63) is 53.2 Å². The highest BCUT2D eigenvalue weighted by atomic mass is 16.4. The summed E-state index contributed by atoms with van der Waals surface area (Å²) < 4.78 is 1.13. The number of hydrogen-bond acceptors (Lipinski definition) is 5. The summed E-state index contributed by atoms with van der Waals surface area (Å²) in [6.45, 7) is 1.75. The molecule has 1 spiro atoms. The van der Waals surface area contributed by atoms with Crippen LogP contribution >= 0.6 is 0 Å². The Balaban J connectivity index is 1.50. The Hall–Kier alpha value is -3.16. The molecule has 2 aromatic heterocycles. The van der Waals surface area contributed by atoms with Crippen molar-refractivity contribution in [3.8, 4) is 0 Å². The van der Waals surface area contributed by atoms with E-state index in [1.165, 1.54) is 12.3 Å². The lowest BCUT2D eigenvalue weighted by molar-refractivity contribution is -0.137. The summed E-state index contributed by atoms with van der Waals surface area (Å²) >= 11 is 0. The van der Waals surface area contributed by atoms with Gasteiger partial charge < -0.3 is 19.5 Å². The molecule has 0 unspecified atom stereocenters. The Bertz CT molecular complexity index is 948. The zero-order valence-corrected chi connectivity index (χ0v) is 15.5. The third kappa shape index (κ3) is 3.26. The smallest absolute Gasteiger partial charge is 0.323 e. The lowest BCUT2D eigenvalue weighted by Crippen LogP contribution is -2.45. The largest absolute Gasteiger partial charge is 0.480 e. The number of aromatic nitrogens is 2. The first-order valence-electron chi connectivity index (χ1n) is 9.38. The fourth-order valence-corrected chi connectivity index (χ4v) is 4.21. The summed E-state index contributed by atoms with van der Waals surface area (Å²) in [5.74, 6) is -1.02. The van der Waals surface area contributed by atoms with E-state index >= 15 is 0 Å². The third-order valence-corrected chi connectivity index (χ3v) is 5.83. The number of nitrogens with zero attached hydrogens (tertiary/aromatic N) is 4. The molecule has 146 valence electrons. The second-order valence-corrected chi connectivity index (χ2v) is 7.43. The van der Waals surface area contributed by atoms with Crippen LogP contribution in [-0.2, 0) is 16.1 Å². The molecular formula is C20H22N4O4. The fourth-order valence-electron chi connectivity index (χ4n) is 4.21. The highest BCUT2D eigenvalue weighted by molar-refractivity contribution is 6.00. The zero-order valence-electron chi connectivity index (χ0n) is 15.5. The Kier molecular flexibility index (Phi) is 4.62. The maximum atomic E-state index is 13.2. The number of carbonyl (C=O) groups is 2. The van der Waals surface area contributed by atoms with Gasteiger partial charge in [0.05, 0.1) is 23.0 Å². The molecule has 2 aliphatic heterocycles. The van der Waals surface area contributed by atoms with Gasteiger partial charge in [-0.2, -0.15) is 0 Å². The highest BCUT2D eigenvalue weighted by Crippen LogP contribution is 2.43. The number of rotatable bonds is 4. The SMILES string of the molecule is O=C(O)Cn1cc(N2CCC3(CCN(c4cccnc4)CC3)C2=O)ccc1=O. The molecule has 8 nitrogen and oxygen atoms in total. The van der Waals surface area contributed by atoms with Gasteiger partial charge in [0.15, 0.2) is 0 Å². The minimum absolute atomic E-state index is 0.0684. The summed E-state index contributed by atoms with van der Waals surface area (Å²) in [6.07, 6.45) is 7.37. The molecule has 2 fully saturated rings. The van der Waals surface area contributed by atoms with Crippen LogP contribution in [0.3, 0.4) is 0 Å². The van der Waals surface area contributed by atoms with E-state index in [1.807, 2.05) is 18.3 Å². The number of anilines is 2. The normalized spacial score (nSPS) is 18.6. The molecule has 0 bridgehead atoms. The minimum Gasteiger partial charge on any atom is -0.480 e. The van der Waals surface area contributed by atoms with Crippen LogP contribution in [-0.4, -0.2) is 46.2 Å². The van der Waals surface area contributed by atoms with Gasteiger partial charge in [-0.15, -0.1) is 0 Å².